The molecule has 4 heterocycles. The number of halogens is 1. The highest BCUT2D eigenvalue weighted by Gasteiger charge is 2.37. The largest absolute Gasteiger partial charge is 0.486 e. The van der Waals surface area contributed by atoms with Gasteiger partial charge in [0.15, 0.2) is 5.82 Å². The summed E-state index contributed by atoms with van der Waals surface area (Å²) in [7, 11) is 0. The number of rotatable bonds is 7. The summed E-state index contributed by atoms with van der Waals surface area (Å²) in [6.07, 6.45) is 5.10. The van der Waals surface area contributed by atoms with Crippen molar-refractivity contribution in [2.24, 2.45) is 0 Å². The average molecular weight is 455 g/mol. The molecular formula is C23H27FN6OS. The van der Waals surface area contributed by atoms with E-state index in [4.69, 9.17) is 4.74 Å². The van der Waals surface area contributed by atoms with Gasteiger partial charge in [0, 0.05) is 36.9 Å². The Labute approximate surface area is 191 Å². The van der Waals surface area contributed by atoms with E-state index in [1.807, 2.05) is 18.2 Å². The molecule has 3 aromatic heterocycles. The molecular weight excluding hydrogens is 427 g/mol. The predicted molar refractivity (Wildman–Crippen MR) is 123 cm³/mol. The van der Waals surface area contributed by atoms with Crippen molar-refractivity contribution in [3.63, 3.8) is 0 Å². The van der Waals surface area contributed by atoms with E-state index in [1.54, 1.807) is 12.4 Å². The third kappa shape index (κ3) is 4.73. The molecule has 1 aliphatic heterocycles. The summed E-state index contributed by atoms with van der Waals surface area (Å²) in [4.78, 5) is 15.7. The Balaban J connectivity index is 1.22. The van der Waals surface area contributed by atoms with Gasteiger partial charge in [-0.1, -0.05) is 19.9 Å². The summed E-state index contributed by atoms with van der Waals surface area (Å²) in [6.45, 7) is 5.62. The van der Waals surface area contributed by atoms with Crippen molar-refractivity contribution < 1.29 is 9.13 Å². The average Bonchev–Trinajstić information content (AvgIpc) is 3.55. The van der Waals surface area contributed by atoms with Crippen molar-refractivity contribution in [3.05, 3.63) is 42.2 Å². The highest BCUT2D eigenvalue weighted by molar-refractivity contribution is 7.09. The second-order valence-electron chi connectivity index (χ2n) is 8.71. The molecule has 2 aliphatic rings. The summed E-state index contributed by atoms with van der Waals surface area (Å²) in [5, 5.41) is 3.92. The maximum absolute atomic E-state index is 14.6. The Kier molecular flexibility index (Phi) is 6.01. The first kappa shape index (κ1) is 21.2. The van der Waals surface area contributed by atoms with Crippen LogP contribution in [0.25, 0.3) is 11.5 Å². The Hall–Kier alpha value is -2.65. The van der Waals surface area contributed by atoms with Gasteiger partial charge in [0.2, 0.25) is 5.13 Å². The lowest BCUT2D eigenvalue weighted by Gasteiger charge is -2.34. The van der Waals surface area contributed by atoms with Crippen LogP contribution in [-0.4, -0.2) is 55.6 Å². The van der Waals surface area contributed by atoms with Crippen LogP contribution in [0.2, 0.25) is 0 Å². The number of anilines is 2. The molecule has 3 aromatic rings. The van der Waals surface area contributed by atoms with Crippen LogP contribution in [0.4, 0.5) is 15.3 Å². The van der Waals surface area contributed by atoms with Crippen molar-refractivity contribution in [1.82, 2.24) is 24.2 Å². The van der Waals surface area contributed by atoms with Gasteiger partial charge in [-0.3, -0.25) is 4.90 Å². The first-order chi connectivity index (χ1) is 15.6. The molecule has 1 aliphatic carbocycles. The summed E-state index contributed by atoms with van der Waals surface area (Å²) in [5.74, 6) is 2.24. The molecule has 0 radical (unpaired) electrons. The number of pyridine rings is 2. The van der Waals surface area contributed by atoms with Crippen LogP contribution < -0.4 is 10.1 Å². The van der Waals surface area contributed by atoms with Crippen LogP contribution >= 0.6 is 11.5 Å². The van der Waals surface area contributed by atoms with Gasteiger partial charge in [-0.25, -0.2) is 14.4 Å². The van der Waals surface area contributed by atoms with E-state index in [0.717, 1.165) is 17.9 Å². The topological polar surface area (TPSA) is 76.1 Å². The molecule has 5 rings (SSSR count). The van der Waals surface area contributed by atoms with Crippen LogP contribution in [0.15, 0.2) is 36.7 Å². The quantitative estimate of drug-likeness (QED) is 0.549. The number of piperidine rings is 1. The molecule has 1 saturated heterocycles. The Morgan fingerprint density at radius 3 is 2.78 bits per heavy atom. The second kappa shape index (κ2) is 9.07. The summed E-state index contributed by atoms with van der Waals surface area (Å²) in [5.41, 5.74) is 1.77. The molecule has 1 N–H and O–H groups in total. The molecule has 32 heavy (non-hydrogen) atoms. The lowest BCUT2D eigenvalue weighted by atomic mass is 10.0. The Bertz CT molecular complexity index is 1050. The standard InChI is InChI=1S/C23H27FN6OS/c1-14(2)17-4-3-10-25-21(17)27-23-28-22(29-32-23)19-8-7-16(12-26-19)31-20-9-11-30(13-18(20)24)15-5-6-15/h3-4,7-8,10,12,14-15,18,20H,5-6,9,11,13H2,1-2H3,(H,25,27,28,29)/t18-,20+/m0/s1. The number of likely N-dealkylation sites (tertiary alicyclic amines) is 1. The van der Waals surface area contributed by atoms with E-state index >= 15 is 0 Å². The fraction of sp³-hybridized carbons (Fsp3) is 0.478. The van der Waals surface area contributed by atoms with Gasteiger partial charge in [0.05, 0.1) is 6.20 Å². The van der Waals surface area contributed by atoms with Crippen LogP contribution in [0.1, 0.15) is 44.6 Å². The van der Waals surface area contributed by atoms with Gasteiger partial charge < -0.3 is 10.1 Å². The van der Waals surface area contributed by atoms with Gasteiger partial charge in [-0.05, 0) is 48.9 Å². The second-order valence-corrected chi connectivity index (χ2v) is 9.46. The maximum atomic E-state index is 14.6. The molecule has 1 saturated carbocycles. The zero-order chi connectivity index (χ0) is 22.1. The van der Waals surface area contributed by atoms with Crippen LogP contribution in [0, 0.1) is 0 Å². The molecule has 0 unspecified atom stereocenters. The zero-order valence-corrected chi connectivity index (χ0v) is 19.1. The molecule has 0 spiro atoms. The maximum Gasteiger partial charge on any atom is 0.208 e. The van der Waals surface area contributed by atoms with Gasteiger partial charge in [-0.2, -0.15) is 9.36 Å². The molecule has 168 valence electrons. The van der Waals surface area contributed by atoms with E-state index in [9.17, 15) is 4.39 Å². The van der Waals surface area contributed by atoms with Crippen molar-refractivity contribution in [3.8, 4) is 17.3 Å². The monoisotopic (exact) mass is 454 g/mol. The van der Waals surface area contributed by atoms with Crippen molar-refractivity contribution >= 4 is 22.5 Å². The van der Waals surface area contributed by atoms with Crippen LogP contribution in [0.3, 0.4) is 0 Å². The Morgan fingerprint density at radius 2 is 2.06 bits per heavy atom. The van der Waals surface area contributed by atoms with E-state index in [0.29, 0.717) is 47.3 Å². The van der Waals surface area contributed by atoms with Gasteiger partial charge in [-0.15, -0.1) is 0 Å². The summed E-state index contributed by atoms with van der Waals surface area (Å²) < 4.78 is 24.9. The third-order valence-corrected chi connectivity index (χ3v) is 6.57. The van der Waals surface area contributed by atoms with Crippen molar-refractivity contribution in [2.45, 2.75) is 57.3 Å². The normalized spacial score (nSPS) is 21.6. The minimum atomic E-state index is -0.972. The number of aromatic nitrogens is 4. The van der Waals surface area contributed by atoms with Crippen molar-refractivity contribution in [1.29, 1.82) is 0 Å². The van der Waals surface area contributed by atoms with Crippen LogP contribution in [-0.2, 0) is 0 Å². The fourth-order valence-electron chi connectivity index (χ4n) is 4.04. The van der Waals surface area contributed by atoms with E-state index < -0.39 is 12.3 Å². The SMILES string of the molecule is CC(C)c1cccnc1Nc1nc(-c2ccc(O[C@@H]3CCN(C4CC4)C[C@@H]3F)cn2)ns1. The fourth-order valence-corrected chi connectivity index (χ4v) is 4.61. The van der Waals surface area contributed by atoms with Crippen molar-refractivity contribution in [2.75, 3.05) is 18.4 Å². The lowest BCUT2D eigenvalue weighted by molar-refractivity contribution is 0.0188. The lowest BCUT2D eigenvalue weighted by Crippen LogP contribution is -2.47. The Morgan fingerprint density at radius 1 is 1.19 bits per heavy atom. The third-order valence-electron chi connectivity index (χ3n) is 5.94. The highest BCUT2D eigenvalue weighted by Crippen LogP contribution is 2.32. The molecule has 2 atom stereocenters. The number of nitrogens with one attached hydrogen (secondary N) is 1. The molecule has 2 fully saturated rings. The van der Waals surface area contributed by atoms with Gasteiger partial charge in [0.1, 0.15) is 29.5 Å². The molecule has 0 bridgehead atoms. The van der Waals surface area contributed by atoms with Crippen LogP contribution in [0.5, 0.6) is 5.75 Å². The zero-order valence-electron chi connectivity index (χ0n) is 18.2. The molecule has 9 heteroatoms. The number of hydrogen-bond acceptors (Lipinski definition) is 8. The predicted octanol–water partition coefficient (Wildman–Crippen LogP) is 4.82. The summed E-state index contributed by atoms with van der Waals surface area (Å²) in [6, 6.07) is 8.20. The number of nitrogens with zero attached hydrogens (tertiary/aromatic N) is 5. The van der Waals surface area contributed by atoms with Gasteiger partial charge in [0.25, 0.3) is 0 Å². The van der Waals surface area contributed by atoms with E-state index in [2.05, 4.69) is 49.5 Å². The molecule has 0 amide bonds. The summed E-state index contributed by atoms with van der Waals surface area (Å²) >= 11 is 1.26. The molecule has 7 nitrogen and oxygen atoms in total. The number of ether oxygens (including phenoxy) is 1. The van der Waals surface area contributed by atoms with E-state index in [1.165, 1.54) is 24.4 Å². The smallest absolute Gasteiger partial charge is 0.208 e. The first-order valence-electron chi connectivity index (χ1n) is 11.1. The molecule has 0 aromatic carbocycles. The van der Waals surface area contributed by atoms with E-state index in [-0.39, 0.29) is 0 Å². The van der Waals surface area contributed by atoms with Gasteiger partial charge >= 0.3 is 0 Å². The minimum Gasteiger partial charge on any atom is -0.486 e. The number of alkyl halides is 1. The number of hydrogen-bond donors (Lipinski definition) is 1. The minimum absolute atomic E-state index is 0.345. The first-order valence-corrected chi connectivity index (χ1v) is 11.9. The highest BCUT2D eigenvalue weighted by atomic mass is 32.1.